The molecule has 144 valence electrons. The second-order valence-corrected chi connectivity index (χ2v) is 8.23. The van der Waals surface area contributed by atoms with E-state index in [4.69, 9.17) is 9.15 Å². The molecule has 4 rings (SSSR count). The molecule has 6 heteroatoms. The Morgan fingerprint density at radius 1 is 1.11 bits per heavy atom. The van der Waals surface area contributed by atoms with Crippen molar-refractivity contribution in [3.05, 3.63) is 47.2 Å². The molecule has 27 heavy (non-hydrogen) atoms. The van der Waals surface area contributed by atoms with Gasteiger partial charge in [-0.15, -0.1) is 0 Å². The summed E-state index contributed by atoms with van der Waals surface area (Å²) in [5.74, 6) is 1.73. The highest BCUT2D eigenvalue weighted by atomic mass is 16.5. The third kappa shape index (κ3) is 3.58. The summed E-state index contributed by atoms with van der Waals surface area (Å²) in [6, 6.07) is 7.87. The zero-order chi connectivity index (χ0) is 19.0. The van der Waals surface area contributed by atoms with E-state index in [1.807, 2.05) is 29.2 Å². The fourth-order valence-electron chi connectivity index (χ4n) is 3.60. The molecule has 0 aliphatic carbocycles. The van der Waals surface area contributed by atoms with Crippen LogP contribution in [0.15, 0.2) is 28.7 Å². The number of ether oxygens (including phenoxy) is 1. The van der Waals surface area contributed by atoms with Crippen LogP contribution < -0.4 is 4.90 Å². The van der Waals surface area contributed by atoms with Crippen LogP contribution in [0.3, 0.4) is 0 Å². The van der Waals surface area contributed by atoms with Crippen LogP contribution >= 0.6 is 0 Å². The maximum absolute atomic E-state index is 13.3. The van der Waals surface area contributed by atoms with Gasteiger partial charge in [0.2, 0.25) is 0 Å². The number of anilines is 1. The van der Waals surface area contributed by atoms with Crippen molar-refractivity contribution in [2.75, 3.05) is 37.7 Å². The second kappa shape index (κ2) is 7.00. The zero-order valence-corrected chi connectivity index (χ0v) is 16.3. The number of rotatable bonds is 2. The predicted octanol–water partition coefficient (Wildman–Crippen LogP) is 3.01. The lowest BCUT2D eigenvalue weighted by molar-refractivity contribution is 0.0727. The maximum atomic E-state index is 13.3. The number of hydrogen-bond acceptors (Lipinski definition) is 5. The molecule has 0 radical (unpaired) electrons. The Bertz CT molecular complexity index is 831. The Kier molecular flexibility index (Phi) is 4.68. The Balaban J connectivity index is 1.57. The van der Waals surface area contributed by atoms with Crippen LogP contribution in [0.25, 0.3) is 0 Å². The van der Waals surface area contributed by atoms with E-state index in [1.54, 1.807) is 0 Å². The van der Waals surface area contributed by atoms with Crippen molar-refractivity contribution in [3.63, 3.8) is 0 Å². The van der Waals surface area contributed by atoms with Gasteiger partial charge in [0.15, 0.2) is 5.89 Å². The van der Waals surface area contributed by atoms with Gasteiger partial charge in [-0.2, -0.15) is 0 Å². The summed E-state index contributed by atoms with van der Waals surface area (Å²) in [7, 11) is 0. The maximum Gasteiger partial charge on any atom is 0.256 e. The predicted molar refractivity (Wildman–Crippen MR) is 103 cm³/mol. The van der Waals surface area contributed by atoms with Gasteiger partial charge in [-0.05, 0) is 12.1 Å². The molecule has 0 saturated carbocycles. The van der Waals surface area contributed by atoms with Crippen molar-refractivity contribution >= 4 is 11.6 Å². The third-order valence-electron chi connectivity index (χ3n) is 5.14. The summed E-state index contributed by atoms with van der Waals surface area (Å²) >= 11 is 0. The number of para-hydroxylation sites is 1. The van der Waals surface area contributed by atoms with Crippen molar-refractivity contribution in [1.29, 1.82) is 0 Å². The molecule has 1 aromatic carbocycles. The van der Waals surface area contributed by atoms with Crippen molar-refractivity contribution in [2.45, 2.75) is 39.2 Å². The van der Waals surface area contributed by atoms with Crippen LogP contribution in [0.5, 0.6) is 0 Å². The summed E-state index contributed by atoms with van der Waals surface area (Å²) in [4.78, 5) is 22.1. The van der Waals surface area contributed by atoms with E-state index in [-0.39, 0.29) is 11.3 Å². The molecule has 1 amide bonds. The minimum absolute atomic E-state index is 0.0584. The molecule has 3 heterocycles. The average molecular weight is 369 g/mol. The number of nitrogens with zero attached hydrogens (tertiary/aromatic N) is 3. The number of benzene rings is 1. The number of morpholine rings is 1. The summed E-state index contributed by atoms with van der Waals surface area (Å²) in [6.07, 6.45) is 0.712. The van der Waals surface area contributed by atoms with E-state index in [0.29, 0.717) is 32.7 Å². The number of fused-ring (bicyclic) bond motifs is 1. The molecule has 1 fully saturated rings. The summed E-state index contributed by atoms with van der Waals surface area (Å²) < 4.78 is 11.4. The molecule has 6 nitrogen and oxygen atoms in total. The highest BCUT2D eigenvalue weighted by Crippen LogP contribution is 2.29. The van der Waals surface area contributed by atoms with Crippen molar-refractivity contribution < 1.29 is 13.9 Å². The second-order valence-electron chi connectivity index (χ2n) is 8.23. The van der Waals surface area contributed by atoms with Gasteiger partial charge in [-0.3, -0.25) is 4.79 Å². The van der Waals surface area contributed by atoms with Gasteiger partial charge in [0.05, 0.1) is 25.3 Å². The van der Waals surface area contributed by atoms with Crippen molar-refractivity contribution in [3.8, 4) is 0 Å². The topological polar surface area (TPSA) is 58.8 Å². The van der Waals surface area contributed by atoms with E-state index in [0.717, 1.165) is 41.7 Å². The largest absolute Gasteiger partial charge is 0.445 e. The highest BCUT2D eigenvalue weighted by molar-refractivity contribution is 6.00. The minimum Gasteiger partial charge on any atom is -0.445 e. The molecule has 0 bridgehead atoms. The van der Waals surface area contributed by atoms with Gasteiger partial charge < -0.3 is 19.0 Å². The molecule has 1 aromatic heterocycles. The van der Waals surface area contributed by atoms with Crippen LogP contribution in [0.4, 0.5) is 5.69 Å². The molecule has 0 unspecified atom stereocenters. The first-order valence-corrected chi connectivity index (χ1v) is 9.63. The number of oxazole rings is 1. The van der Waals surface area contributed by atoms with Crippen molar-refractivity contribution in [2.24, 2.45) is 0 Å². The van der Waals surface area contributed by atoms with Gasteiger partial charge in [0.1, 0.15) is 11.5 Å². The Labute approximate surface area is 160 Å². The quantitative estimate of drug-likeness (QED) is 0.814. The van der Waals surface area contributed by atoms with E-state index >= 15 is 0 Å². The number of aromatic nitrogens is 1. The number of amides is 1. The Morgan fingerprint density at radius 3 is 2.59 bits per heavy atom. The normalized spacial score (nSPS) is 17.7. The molecule has 0 atom stereocenters. The van der Waals surface area contributed by atoms with E-state index in [1.165, 1.54) is 0 Å². The molecule has 2 aliphatic heterocycles. The van der Waals surface area contributed by atoms with Crippen LogP contribution in [0.2, 0.25) is 0 Å². The van der Waals surface area contributed by atoms with E-state index in [9.17, 15) is 4.79 Å². The summed E-state index contributed by atoms with van der Waals surface area (Å²) in [5.41, 5.74) is 2.51. The van der Waals surface area contributed by atoms with Crippen LogP contribution in [0, 0.1) is 0 Å². The first-order valence-electron chi connectivity index (χ1n) is 9.63. The Morgan fingerprint density at radius 2 is 1.85 bits per heavy atom. The van der Waals surface area contributed by atoms with Gasteiger partial charge in [0, 0.05) is 37.2 Å². The molecule has 0 N–H and O–H groups in total. The summed E-state index contributed by atoms with van der Waals surface area (Å²) in [5, 5.41) is 0. The minimum atomic E-state index is -0.130. The molecular weight excluding hydrogens is 342 g/mol. The molecule has 1 saturated heterocycles. The van der Waals surface area contributed by atoms with Gasteiger partial charge in [-0.25, -0.2) is 4.98 Å². The molecular formula is C21H27N3O3. The summed E-state index contributed by atoms with van der Waals surface area (Å²) in [6.45, 7) is 10.4. The number of carbonyl (C=O) groups excluding carboxylic acids is 1. The lowest BCUT2D eigenvalue weighted by Gasteiger charge is -2.32. The SMILES string of the molecule is CC(C)(C)c1nc2c(o1)CCN(C(=O)c1ccccc1N1CCOCC1)C2. The molecule has 2 aromatic rings. The van der Waals surface area contributed by atoms with Crippen LogP contribution in [-0.2, 0) is 23.1 Å². The highest BCUT2D eigenvalue weighted by Gasteiger charge is 2.30. The fraction of sp³-hybridized carbons (Fsp3) is 0.524. The van der Waals surface area contributed by atoms with Gasteiger partial charge in [0.25, 0.3) is 5.91 Å². The third-order valence-corrected chi connectivity index (χ3v) is 5.14. The van der Waals surface area contributed by atoms with Gasteiger partial charge in [-0.1, -0.05) is 32.9 Å². The number of hydrogen-bond donors (Lipinski definition) is 0. The van der Waals surface area contributed by atoms with Gasteiger partial charge >= 0.3 is 0 Å². The molecule has 0 spiro atoms. The van der Waals surface area contributed by atoms with Crippen molar-refractivity contribution in [1.82, 2.24) is 9.88 Å². The van der Waals surface area contributed by atoms with Crippen LogP contribution in [-0.4, -0.2) is 48.6 Å². The average Bonchev–Trinajstić information content (AvgIpc) is 3.12. The Hall–Kier alpha value is -2.34. The lowest BCUT2D eigenvalue weighted by atomic mass is 9.97. The van der Waals surface area contributed by atoms with Crippen LogP contribution in [0.1, 0.15) is 48.5 Å². The molecule has 2 aliphatic rings. The van der Waals surface area contributed by atoms with E-state index in [2.05, 4.69) is 30.7 Å². The smallest absolute Gasteiger partial charge is 0.256 e. The monoisotopic (exact) mass is 369 g/mol. The number of carbonyl (C=O) groups is 1. The first-order chi connectivity index (χ1) is 12.9. The fourth-order valence-corrected chi connectivity index (χ4v) is 3.60. The zero-order valence-electron chi connectivity index (χ0n) is 16.3. The van der Waals surface area contributed by atoms with E-state index < -0.39 is 0 Å². The first kappa shape index (κ1) is 18.0. The lowest BCUT2D eigenvalue weighted by Crippen LogP contribution is -2.39. The standard InChI is InChI=1S/C21H27N3O3/c1-21(2,3)20-22-16-14-24(9-8-18(16)27-20)19(25)15-6-4-5-7-17(15)23-10-12-26-13-11-23/h4-7H,8-14H2,1-3H3.